The van der Waals surface area contributed by atoms with Gasteiger partial charge in [0, 0.05) is 16.3 Å². The zero-order chi connectivity index (χ0) is 19.6. The highest BCUT2D eigenvalue weighted by Gasteiger charge is 2.17. The third kappa shape index (κ3) is 3.96. The van der Waals surface area contributed by atoms with E-state index in [1.807, 2.05) is 0 Å². The van der Waals surface area contributed by atoms with Crippen molar-refractivity contribution >= 4 is 29.2 Å². The molecule has 3 aromatic carbocycles. The van der Waals surface area contributed by atoms with Crippen LogP contribution in [-0.2, 0) is 0 Å². The first-order valence-corrected chi connectivity index (χ1v) is 8.13. The summed E-state index contributed by atoms with van der Waals surface area (Å²) >= 11 is 6.13. The van der Waals surface area contributed by atoms with Crippen LogP contribution in [0.25, 0.3) is 11.1 Å². The summed E-state index contributed by atoms with van der Waals surface area (Å²) in [7, 11) is 0. The monoisotopic (exact) mass is 387 g/mol. The lowest BCUT2D eigenvalue weighted by atomic mass is 10.0. The molecule has 0 radical (unpaired) electrons. The van der Waals surface area contributed by atoms with Gasteiger partial charge >= 0.3 is 5.97 Å². The van der Waals surface area contributed by atoms with Gasteiger partial charge in [-0.2, -0.15) is 0 Å². The summed E-state index contributed by atoms with van der Waals surface area (Å²) in [6, 6.07) is 13.8. The lowest BCUT2D eigenvalue weighted by Crippen LogP contribution is -2.15. The maximum atomic E-state index is 13.7. The molecule has 0 atom stereocenters. The van der Waals surface area contributed by atoms with Gasteiger partial charge in [-0.15, -0.1) is 0 Å². The fourth-order valence-corrected chi connectivity index (χ4v) is 2.75. The van der Waals surface area contributed by atoms with E-state index < -0.39 is 29.1 Å². The van der Waals surface area contributed by atoms with Gasteiger partial charge < -0.3 is 10.4 Å². The van der Waals surface area contributed by atoms with Crippen LogP contribution < -0.4 is 5.32 Å². The molecule has 0 heterocycles. The molecular weight excluding hydrogens is 376 g/mol. The Morgan fingerprint density at radius 2 is 1.56 bits per heavy atom. The molecule has 0 unspecified atom stereocenters. The summed E-state index contributed by atoms with van der Waals surface area (Å²) < 4.78 is 27.3. The van der Waals surface area contributed by atoms with Crippen molar-refractivity contribution in [3.05, 3.63) is 88.4 Å². The van der Waals surface area contributed by atoms with Crippen LogP contribution in [0.2, 0.25) is 5.02 Å². The zero-order valence-electron chi connectivity index (χ0n) is 13.7. The SMILES string of the molecule is O=C(O)c1ccc(Cl)c(-c2ccc(NC(=O)c3c(F)cccc3F)cc2)c1. The molecule has 0 saturated carbocycles. The Morgan fingerprint density at radius 1 is 0.926 bits per heavy atom. The van der Waals surface area contributed by atoms with Gasteiger partial charge in [-0.25, -0.2) is 13.6 Å². The lowest BCUT2D eigenvalue weighted by molar-refractivity contribution is 0.0696. The topological polar surface area (TPSA) is 66.4 Å². The number of hydrogen-bond donors (Lipinski definition) is 2. The number of carbonyl (C=O) groups is 2. The molecule has 3 aromatic rings. The van der Waals surface area contributed by atoms with E-state index in [4.69, 9.17) is 16.7 Å². The van der Waals surface area contributed by atoms with Crippen molar-refractivity contribution in [1.82, 2.24) is 0 Å². The van der Waals surface area contributed by atoms with Crippen LogP contribution in [0.4, 0.5) is 14.5 Å². The van der Waals surface area contributed by atoms with Crippen LogP contribution in [0.5, 0.6) is 0 Å². The number of halogens is 3. The Hall–Kier alpha value is -3.25. The molecule has 27 heavy (non-hydrogen) atoms. The first-order valence-electron chi connectivity index (χ1n) is 7.75. The molecule has 2 N–H and O–H groups in total. The highest BCUT2D eigenvalue weighted by molar-refractivity contribution is 6.33. The van der Waals surface area contributed by atoms with Crippen molar-refractivity contribution in [3.63, 3.8) is 0 Å². The number of carboxylic acids is 1. The van der Waals surface area contributed by atoms with E-state index in [0.717, 1.165) is 12.1 Å². The molecule has 0 aliphatic heterocycles. The molecular formula is C20H12ClF2NO3. The molecule has 136 valence electrons. The summed E-state index contributed by atoms with van der Waals surface area (Å²) in [4.78, 5) is 23.2. The van der Waals surface area contributed by atoms with Crippen molar-refractivity contribution in [1.29, 1.82) is 0 Å². The number of rotatable bonds is 4. The normalized spacial score (nSPS) is 10.5. The minimum absolute atomic E-state index is 0.0850. The maximum Gasteiger partial charge on any atom is 0.335 e. The molecule has 3 rings (SSSR count). The predicted octanol–water partition coefficient (Wildman–Crippen LogP) is 5.24. The Balaban J connectivity index is 1.85. The van der Waals surface area contributed by atoms with Gasteiger partial charge in [0.2, 0.25) is 0 Å². The summed E-state index contributed by atoms with van der Waals surface area (Å²) in [6.07, 6.45) is 0. The molecule has 0 fully saturated rings. The second-order valence-electron chi connectivity index (χ2n) is 5.63. The Bertz CT molecular complexity index is 1020. The van der Waals surface area contributed by atoms with E-state index >= 15 is 0 Å². The number of aromatic carboxylic acids is 1. The highest BCUT2D eigenvalue weighted by Crippen LogP contribution is 2.30. The van der Waals surface area contributed by atoms with E-state index in [-0.39, 0.29) is 5.56 Å². The first-order chi connectivity index (χ1) is 12.9. The molecule has 0 saturated heterocycles. The molecule has 1 amide bonds. The van der Waals surface area contributed by atoms with E-state index in [9.17, 15) is 18.4 Å². The molecule has 0 aliphatic rings. The molecule has 0 spiro atoms. The molecule has 0 aliphatic carbocycles. The molecule has 7 heteroatoms. The largest absolute Gasteiger partial charge is 0.478 e. The fourth-order valence-electron chi connectivity index (χ4n) is 2.52. The van der Waals surface area contributed by atoms with Crippen molar-refractivity contribution in [2.45, 2.75) is 0 Å². The Labute approximate surface area is 158 Å². The number of nitrogens with one attached hydrogen (secondary N) is 1. The average molecular weight is 388 g/mol. The number of anilines is 1. The van der Waals surface area contributed by atoms with Crippen molar-refractivity contribution in [3.8, 4) is 11.1 Å². The van der Waals surface area contributed by atoms with Gasteiger partial charge in [0.15, 0.2) is 0 Å². The van der Waals surface area contributed by atoms with E-state index in [1.165, 1.54) is 36.4 Å². The minimum Gasteiger partial charge on any atom is -0.478 e. The number of carbonyl (C=O) groups excluding carboxylic acids is 1. The quantitative estimate of drug-likeness (QED) is 0.643. The number of benzene rings is 3. The third-order valence-corrected chi connectivity index (χ3v) is 4.19. The van der Waals surface area contributed by atoms with Crippen LogP contribution in [0.3, 0.4) is 0 Å². The van der Waals surface area contributed by atoms with Gasteiger partial charge in [0.25, 0.3) is 5.91 Å². The smallest absolute Gasteiger partial charge is 0.335 e. The van der Waals surface area contributed by atoms with Gasteiger partial charge in [-0.05, 0) is 48.0 Å². The minimum atomic E-state index is -1.08. The van der Waals surface area contributed by atoms with Crippen LogP contribution in [0.1, 0.15) is 20.7 Å². The van der Waals surface area contributed by atoms with Crippen LogP contribution in [0, 0.1) is 11.6 Å². The van der Waals surface area contributed by atoms with E-state index in [0.29, 0.717) is 21.8 Å². The summed E-state index contributed by atoms with van der Waals surface area (Å²) in [5.74, 6) is -3.91. The molecule has 4 nitrogen and oxygen atoms in total. The second-order valence-corrected chi connectivity index (χ2v) is 6.04. The van der Waals surface area contributed by atoms with Gasteiger partial charge in [-0.3, -0.25) is 4.79 Å². The number of hydrogen-bond acceptors (Lipinski definition) is 2. The maximum absolute atomic E-state index is 13.7. The summed E-state index contributed by atoms with van der Waals surface area (Å²) in [6.45, 7) is 0. The first kappa shape index (κ1) is 18.5. The van der Waals surface area contributed by atoms with Gasteiger partial charge in [0.1, 0.15) is 17.2 Å². The predicted molar refractivity (Wildman–Crippen MR) is 98.2 cm³/mol. The fraction of sp³-hybridized carbons (Fsp3) is 0. The standard InChI is InChI=1S/C20H12ClF2NO3/c21-15-9-6-12(20(26)27)10-14(15)11-4-7-13(8-5-11)24-19(25)18-16(22)2-1-3-17(18)23/h1-10H,(H,24,25)(H,26,27). The van der Waals surface area contributed by atoms with E-state index in [1.54, 1.807) is 12.1 Å². The third-order valence-electron chi connectivity index (χ3n) is 3.86. The van der Waals surface area contributed by atoms with Gasteiger partial charge in [0.05, 0.1) is 5.56 Å². The molecule has 0 bridgehead atoms. The molecule has 0 aromatic heterocycles. The second kappa shape index (κ2) is 7.55. The average Bonchev–Trinajstić information content (AvgIpc) is 2.62. The summed E-state index contributed by atoms with van der Waals surface area (Å²) in [5.41, 5.74) is 0.866. The van der Waals surface area contributed by atoms with Crippen LogP contribution in [0.15, 0.2) is 60.7 Å². The van der Waals surface area contributed by atoms with Gasteiger partial charge in [-0.1, -0.05) is 29.8 Å². The Kier molecular flexibility index (Phi) is 5.19. The van der Waals surface area contributed by atoms with E-state index in [2.05, 4.69) is 5.32 Å². The van der Waals surface area contributed by atoms with Crippen molar-refractivity contribution in [2.24, 2.45) is 0 Å². The van der Waals surface area contributed by atoms with Crippen LogP contribution in [-0.4, -0.2) is 17.0 Å². The Morgan fingerprint density at radius 3 is 2.15 bits per heavy atom. The lowest BCUT2D eigenvalue weighted by Gasteiger charge is -2.09. The van der Waals surface area contributed by atoms with Crippen molar-refractivity contribution in [2.75, 3.05) is 5.32 Å². The highest BCUT2D eigenvalue weighted by atomic mass is 35.5. The summed E-state index contributed by atoms with van der Waals surface area (Å²) in [5, 5.41) is 11.9. The zero-order valence-corrected chi connectivity index (χ0v) is 14.4. The number of amides is 1. The van der Waals surface area contributed by atoms with Crippen molar-refractivity contribution < 1.29 is 23.5 Å². The van der Waals surface area contributed by atoms with Crippen LogP contribution >= 0.6 is 11.6 Å². The number of carboxylic acid groups (broad SMARTS) is 1.